The molecule has 1 aliphatic heterocycles. The molecule has 0 saturated carbocycles. The summed E-state index contributed by atoms with van der Waals surface area (Å²) in [5.74, 6) is -0.619. The number of methoxy groups -OCH3 is 3. The lowest BCUT2D eigenvalue weighted by atomic mass is 10.1. The molecule has 0 saturated heterocycles. The summed E-state index contributed by atoms with van der Waals surface area (Å²) in [5, 5.41) is 0. The first-order valence-electron chi connectivity index (χ1n) is 8.32. The van der Waals surface area contributed by atoms with E-state index in [1.165, 1.54) is 20.3 Å². The van der Waals surface area contributed by atoms with Crippen LogP contribution >= 0.6 is 0 Å². The van der Waals surface area contributed by atoms with E-state index in [0.717, 1.165) is 0 Å². The second-order valence-corrected chi connectivity index (χ2v) is 5.69. The van der Waals surface area contributed by atoms with Gasteiger partial charge in [0.1, 0.15) is 17.6 Å². The molecule has 1 aliphatic rings. The lowest BCUT2D eigenvalue weighted by Gasteiger charge is -2.23. The number of anilines is 1. The average molecular weight is 373 g/mol. The Labute approximate surface area is 158 Å². The number of benzene rings is 1. The fraction of sp³-hybridized carbons (Fsp3) is 0.300. The third-order valence-corrected chi connectivity index (χ3v) is 3.74. The number of hydrogen-bond donors (Lipinski definition) is 0. The van der Waals surface area contributed by atoms with E-state index in [2.05, 4.69) is 0 Å². The van der Waals surface area contributed by atoms with E-state index >= 15 is 0 Å². The third kappa shape index (κ3) is 4.98. The molecule has 1 aromatic carbocycles. The molecule has 0 fully saturated rings. The minimum absolute atomic E-state index is 0.0655. The van der Waals surface area contributed by atoms with Gasteiger partial charge in [0.2, 0.25) is 0 Å². The van der Waals surface area contributed by atoms with Gasteiger partial charge in [0.05, 0.1) is 26.4 Å². The first-order valence-corrected chi connectivity index (χ1v) is 8.32. The quantitative estimate of drug-likeness (QED) is 0.680. The summed E-state index contributed by atoms with van der Waals surface area (Å²) in [7, 11) is 4.13. The minimum atomic E-state index is -0.652. The molecule has 0 aliphatic carbocycles. The Hall–Kier alpha value is -3.06. The molecule has 0 aromatic heterocycles. The van der Waals surface area contributed by atoms with Crippen LogP contribution in [-0.2, 0) is 23.8 Å². The van der Waals surface area contributed by atoms with E-state index in [9.17, 15) is 9.59 Å². The predicted octanol–water partition coefficient (Wildman–Crippen LogP) is 2.59. The Kier molecular flexibility index (Phi) is 7.19. The first-order chi connectivity index (χ1) is 13.0. The van der Waals surface area contributed by atoms with Gasteiger partial charge in [-0.3, -0.25) is 0 Å². The zero-order valence-corrected chi connectivity index (χ0v) is 15.8. The largest absolute Gasteiger partial charge is 0.488 e. The number of esters is 2. The molecular weight excluding hydrogens is 350 g/mol. The lowest BCUT2D eigenvalue weighted by Crippen LogP contribution is -2.27. The second-order valence-electron chi connectivity index (χ2n) is 5.69. The molecule has 0 amide bonds. The fourth-order valence-corrected chi connectivity index (χ4v) is 2.55. The first kappa shape index (κ1) is 20.3. The maximum atomic E-state index is 12.4. The number of carbonyl (C=O) groups is 2. The van der Waals surface area contributed by atoms with Crippen molar-refractivity contribution in [3.63, 3.8) is 0 Å². The molecule has 1 atom stereocenters. The van der Waals surface area contributed by atoms with Crippen LogP contribution in [0.3, 0.4) is 0 Å². The minimum Gasteiger partial charge on any atom is -0.488 e. The van der Waals surface area contributed by atoms with Gasteiger partial charge in [-0.15, -0.1) is 0 Å². The zero-order chi connectivity index (χ0) is 19.8. The summed E-state index contributed by atoms with van der Waals surface area (Å²) < 4.78 is 20.5. The van der Waals surface area contributed by atoms with Crippen LogP contribution < -0.4 is 9.64 Å². The van der Waals surface area contributed by atoms with Crippen LogP contribution in [0.2, 0.25) is 0 Å². The van der Waals surface area contributed by atoms with Gasteiger partial charge in [0.25, 0.3) is 0 Å². The van der Waals surface area contributed by atoms with Crippen LogP contribution in [0.4, 0.5) is 5.69 Å². The molecule has 1 heterocycles. The smallest absolute Gasteiger partial charge is 0.355 e. The molecule has 144 valence electrons. The van der Waals surface area contributed by atoms with Crippen molar-refractivity contribution in [1.29, 1.82) is 0 Å². The lowest BCUT2D eigenvalue weighted by molar-refractivity contribution is -0.139. The van der Waals surface area contributed by atoms with Crippen molar-refractivity contribution in [2.24, 2.45) is 0 Å². The van der Waals surface area contributed by atoms with Gasteiger partial charge in [-0.2, -0.15) is 0 Å². The van der Waals surface area contributed by atoms with Gasteiger partial charge in [0.15, 0.2) is 0 Å². The van der Waals surface area contributed by atoms with E-state index in [4.69, 9.17) is 18.9 Å². The van der Waals surface area contributed by atoms with Crippen molar-refractivity contribution in [3.05, 3.63) is 60.0 Å². The summed E-state index contributed by atoms with van der Waals surface area (Å²) in [6, 6.07) is 7.12. The standard InChI is InChI=1S/C20H23NO6/c1-14(13-24-2)27-16-10-8-15(9-11-16)21-12-6-5-7-17(19(22)25-3)18(21)20(23)26-4/h5-12,14H,13H2,1-4H3. The van der Waals surface area contributed by atoms with Gasteiger partial charge in [-0.25, -0.2) is 9.59 Å². The van der Waals surface area contributed by atoms with Crippen LogP contribution in [-0.4, -0.2) is 46.0 Å². The molecule has 0 spiro atoms. The van der Waals surface area contributed by atoms with E-state index < -0.39 is 11.9 Å². The van der Waals surface area contributed by atoms with Crippen molar-refractivity contribution in [2.45, 2.75) is 13.0 Å². The second kappa shape index (κ2) is 9.59. The molecule has 1 aromatic rings. The van der Waals surface area contributed by atoms with Gasteiger partial charge in [-0.05, 0) is 43.3 Å². The highest BCUT2D eigenvalue weighted by Crippen LogP contribution is 2.28. The molecule has 0 bridgehead atoms. The summed E-state index contributed by atoms with van der Waals surface area (Å²) in [5.41, 5.74) is 0.822. The zero-order valence-electron chi connectivity index (χ0n) is 15.8. The van der Waals surface area contributed by atoms with Crippen LogP contribution in [0.25, 0.3) is 0 Å². The summed E-state index contributed by atoms with van der Waals surface area (Å²) in [6.07, 6.45) is 6.45. The summed E-state index contributed by atoms with van der Waals surface area (Å²) >= 11 is 0. The topological polar surface area (TPSA) is 74.3 Å². The average Bonchev–Trinajstić information content (AvgIpc) is 2.90. The fourth-order valence-electron chi connectivity index (χ4n) is 2.55. The summed E-state index contributed by atoms with van der Waals surface area (Å²) in [6.45, 7) is 2.38. The van der Waals surface area contributed by atoms with Crippen LogP contribution in [0.1, 0.15) is 6.92 Å². The van der Waals surface area contributed by atoms with Crippen molar-refractivity contribution < 1.29 is 28.5 Å². The van der Waals surface area contributed by atoms with Crippen LogP contribution in [0.5, 0.6) is 5.75 Å². The van der Waals surface area contributed by atoms with Crippen LogP contribution in [0, 0.1) is 0 Å². The number of ether oxygens (including phenoxy) is 4. The van der Waals surface area contributed by atoms with E-state index in [1.54, 1.807) is 54.6 Å². The summed E-state index contributed by atoms with van der Waals surface area (Å²) in [4.78, 5) is 26.1. The number of nitrogens with zero attached hydrogens (tertiary/aromatic N) is 1. The van der Waals surface area contributed by atoms with Gasteiger partial charge >= 0.3 is 11.9 Å². The predicted molar refractivity (Wildman–Crippen MR) is 100 cm³/mol. The highest BCUT2D eigenvalue weighted by Gasteiger charge is 2.27. The Morgan fingerprint density at radius 1 is 1.00 bits per heavy atom. The molecule has 1 unspecified atom stereocenters. The van der Waals surface area contributed by atoms with E-state index in [-0.39, 0.29) is 17.4 Å². The van der Waals surface area contributed by atoms with Gasteiger partial charge in [0, 0.05) is 19.0 Å². The van der Waals surface area contributed by atoms with Gasteiger partial charge < -0.3 is 23.8 Å². The molecule has 0 N–H and O–H groups in total. The van der Waals surface area contributed by atoms with Crippen molar-refractivity contribution in [3.8, 4) is 5.75 Å². The van der Waals surface area contributed by atoms with E-state index in [1.807, 2.05) is 6.92 Å². The van der Waals surface area contributed by atoms with Crippen molar-refractivity contribution in [1.82, 2.24) is 0 Å². The molecule has 2 rings (SSSR count). The van der Waals surface area contributed by atoms with Crippen molar-refractivity contribution in [2.75, 3.05) is 32.8 Å². The highest BCUT2D eigenvalue weighted by atomic mass is 16.5. The number of hydrogen-bond acceptors (Lipinski definition) is 7. The Balaban J connectivity index is 2.39. The SMILES string of the molecule is COCC(C)Oc1ccc(N2C=CC=CC(C(=O)OC)=C2C(=O)OC)cc1. The normalized spacial score (nSPS) is 14.6. The number of allylic oxidation sites excluding steroid dienone is 2. The van der Waals surface area contributed by atoms with E-state index in [0.29, 0.717) is 18.0 Å². The van der Waals surface area contributed by atoms with Gasteiger partial charge in [-0.1, -0.05) is 6.08 Å². The maximum absolute atomic E-state index is 12.4. The van der Waals surface area contributed by atoms with Crippen molar-refractivity contribution >= 4 is 17.6 Å². The molecular formula is C20H23NO6. The molecule has 27 heavy (non-hydrogen) atoms. The Bertz CT molecular complexity index is 763. The monoisotopic (exact) mass is 373 g/mol. The highest BCUT2D eigenvalue weighted by molar-refractivity contribution is 6.05. The Morgan fingerprint density at radius 3 is 2.26 bits per heavy atom. The van der Waals surface area contributed by atoms with Crippen LogP contribution in [0.15, 0.2) is 60.0 Å². The number of rotatable bonds is 7. The molecule has 7 heteroatoms. The molecule has 0 radical (unpaired) electrons. The Morgan fingerprint density at radius 2 is 1.67 bits per heavy atom. The molecule has 7 nitrogen and oxygen atoms in total. The number of carbonyl (C=O) groups excluding carboxylic acids is 2. The third-order valence-electron chi connectivity index (χ3n) is 3.74. The maximum Gasteiger partial charge on any atom is 0.355 e.